The van der Waals surface area contributed by atoms with Crippen molar-refractivity contribution >= 4 is 0 Å². The fourth-order valence-electron chi connectivity index (χ4n) is 2.63. The maximum absolute atomic E-state index is 5.92. The van der Waals surface area contributed by atoms with Gasteiger partial charge in [-0.15, -0.1) is 0 Å². The van der Waals surface area contributed by atoms with E-state index in [9.17, 15) is 0 Å². The highest BCUT2D eigenvalue weighted by Gasteiger charge is 2.31. The van der Waals surface area contributed by atoms with E-state index < -0.39 is 0 Å². The summed E-state index contributed by atoms with van der Waals surface area (Å²) in [4.78, 5) is 4.27. The molecule has 1 aliphatic rings. The average molecular weight is 267 g/mol. The molecule has 0 bridgehead atoms. The normalized spacial score (nSPS) is 23.1. The summed E-state index contributed by atoms with van der Waals surface area (Å²) in [6.45, 7) is 6.67. The van der Waals surface area contributed by atoms with Crippen LogP contribution in [0.3, 0.4) is 0 Å². The third-order valence-corrected chi connectivity index (χ3v) is 3.60. The van der Waals surface area contributed by atoms with Crippen molar-refractivity contribution in [3.8, 4) is 0 Å². The van der Waals surface area contributed by atoms with Crippen LogP contribution in [-0.2, 0) is 16.0 Å². The van der Waals surface area contributed by atoms with E-state index in [1.54, 1.807) is 7.11 Å². The predicted octanol–water partition coefficient (Wildman–Crippen LogP) is 1.61. The lowest BCUT2D eigenvalue weighted by molar-refractivity contribution is 0.0833. The van der Waals surface area contributed by atoms with Crippen molar-refractivity contribution in [1.82, 2.24) is 14.9 Å². The van der Waals surface area contributed by atoms with Gasteiger partial charge in [0.25, 0.3) is 0 Å². The Balaban J connectivity index is 1.92. The van der Waals surface area contributed by atoms with E-state index >= 15 is 0 Å². The SMILES string of the molecule is CCCn1cncc1C1OCCC1CNCCOC. The van der Waals surface area contributed by atoms with Crippen LogP contribution in [0.25, 0.3) is 0 Å². The minimum atomic E-state index is 0.184. The number of hydrogen-bond acceptors (Lipinski definition) is 4. The number of ether oxygens (including phenoxy) is 2. The number of imidazole rings is 1. The van der Waals surface area contributed by atoms with Gasteiger partial charge in [0.1, 0.15) is 6.10 Å². The monoisotopic (exact) mass is 267 g/mol. The van der Waals surface area contributed by atoms with Gasteiger partial charge >= 0.3 is 0 Å². The molecule has 1 fully saturated rings. The van der Waals surface area contributed by atoms with Crippen molar-refractivity contribution < 1.29 is 9.47 Å². The van der Waals surface area contributed by atoms with Crippen LogP contribution in [0.15, 0.2) is 12.5 Å². The van der Waals surface area contributed by atoms with Crippen molar-refractivity contribution in [1.29, 1.82) is 0 Å². The molecule has 0 radical (unpaired) electrons. The molecule has 1 aromatic heterocycles. The van der Waals surface area contributed by atoms with Crippen molar-refractivity contribution in [2.75, 3.05) is 33.4 Å². The van der Waals surface area contributed by atoms with Gasteiger partial charge in [-0.1, -0.05) is 6.92 Å². The fourth-order valence-corrected chi connectivity index (χ4v) is 2.63. The summed E-state index contributed by atoms with van der Waals surface area (Å²) in [6.07, 6.45) is 6.28. The van der Waals surface area contributed by atoms with Crippen LogP contribution in [0.2, 0.25) is 0 Å². The molecule has 0 saturated carbocycles. The van der Waals surface area contributed by atoms with E-state index in [1.165, 1.54) is 5.69 Å². The average Bonchev–Trinajstić information content (AvgIpc) is 3.03. The Bertz CT molecular complexity index is 367. The topological polar surface area (TPSA) is 48.3 Å². The zero-order valence-corrected chi connectivity index (χ0v) is 12.0. The molecular formula is C14H25N3O2. The number of methoxy groups -OCH3 is 1. The second kappa shape index (κ2) is 7.62. The molecule has 2 unspecified atom stereocenters. The number of aryl methyl sites for hydroxylation is 1. The van der Waals surface area contributed by atoms with Crippen LogP contribution in [0.4, 0.5) is 0 Å². The van der Waals surface area contributed by atoms with Crippen LogP contribution in [0.5, 0.6) is 0 Å². The summed E-state index contributed by atoms with van der Waals surface area (Å²) < 4.78 is 13.2. The molecule has 2 atom stereocenters. The zero-order chi connectivity index (χ0) is 13.5. The lowest BCUT2D eigenvalue weighted by Gasteiger charge is -2.20. The van der Waals surface area contributed by atoms with Crippen LogP contribution in [-0.4, -0.2) is 43.0 Å². The van der Waals surface area contributed by atoms with Gasteiger partial charge < -0.3 is 19.4 Å². The number of rotatable bonds is 8. The molecule has 19 heavy (non-hydrogen) atoms. The molecule has 0 spiro atoms. The summed E-state index contributed by atoms with van der Waals surface area (Å²) in [7, 11) is 1.73. The Morgan fingerprint density at radius 3 is 3.26 bits per heavy atom. The molecule has 2 rings (SSSR count). The number of aromatic nitrogens is 2. The van der Waals surface area contributed by atoms with Crippen LogP contribution in [0, 0.1) is 5.92 Å². The van der Waals surface area contributed by atoms with Gasteiger partial charge in [-0.3, -0.25) is 0 Å². The van der Waals surface area contributed by atoms with Gasteiger partial charge in [0, 0.05) is 39.3 Å². The summed E-state index contributed by atoms with van der Waals surface area (Å²) in [6, 6.07) is 0. The first kappa shape index (κ1) is 14.5. The molecule has 0 aliphatic carbocycles. The Labute approximate surface area is 115 Å². The summed E-state index contributed by atoms with van der Waals surface area (Å²) in [5, 5.41) is 3.44. The minimum Gasteiger partial charge on any atom is -0.383 e. The fraction of sp³-hybridized carbons (Fsp3) is 0.786. The highest BCUT2D eigenvalue weighted by atomic mass is 16.5. The Morgan fingerprint density at radius 2 is 2.47 bits per heavy atom. The Hall–Kier alpha value is -0.910. The second-order valence-electron chi connectivity index (χ2n) is 5.05. The van der Waals surface area contributed by atoms with Gasteiger partial charge in [-0.25, -0.2) is 4.98 Å². The molecule has 1 saturated heterocycles. The van der Waals surface area contributed by atoms with E-state index in [-0.39, 0.29) is 6.10 Å². The maximum Gasteiger partial charge on any atom is 0.103 e. The quantitative estimate of drug-likeness (QED) is 0.727. The predicted molar refractivity (Wildman–Crippen MR) is 74.1 cm³/mol. The van der Waals surface area contributed by atoms with Crippen LogP contribution >= 0.6 is 0 Å². The van der Waals surface area contributed by atoms with Gasteiger partial charge in [0.05, 0.1) is 24.8 Å². The van der Waals surface area contributed by atoms with E-state index in [1.807, 2.05) is 12.5 Å². The zero-order valence-electron chi connectivity index (χ0n) is 12.0. The summed E-state index contributed by atoms with van der Waals surface area (Å²) in [5.41, 5.74) is 1.22. The highest BCUT2D eigenvalue weighted by Crippen LogP contribution is 2.33. The molecule has 108 valence electrons. The Morgan fingerprint density at radius 1 is 1.58 bits per heavy atom. The first-order valence-electron chi connectivity index (χ1n) is 7.18. The third-order valence-electron chi connectivity index (χ3n) is 3.60. The van der Waals surface area contributed by atoms with E-state index in [2.05, 4.69) is 21.8 Å². The standard InChI is InChI=1S/C14H25N3O2/c1-3-6-17-11-16-10-13(17)14-12(4-7-19-14)9-15-5-8-18-2/h10-12,14-15H,3-9H2,1-2H3. The van der Waals surface area contributed by atoms with Crippen molar-refractivity contribution in [2.45, 2.75) is 32.4 Å². The second-order valence-corrected chi connectivity index (χ2v) is 5.05. The summed E-state index contributed by atoms with van der Waals surface area (Å²) in [5.74, 6) is 0.532. The molecule has 1 aliphatic heterocycles. The maximum atomic E-state index is 5.92. The number of nitrogens with zero attached hydrogens (tertiary/aromatic N) is 2. The van der Waals surface area contributed by atoms with Gasteiger partial charge in [-0.2, -0.15) is 0 Å². The number of hydrogen-bond donors (Lipinski definition) is 1. The third kappa shape index (κ3) is 3.78. The van der Waals surface area contributed by atoms with Crippen LogP contribution in [0.1, 0.15) is 31.6 Å². The molecule has 1 aromatic rings. The van der Waals surface area contributed by atoms with Crippen molar-refractivity contribution in [2.24, 2.45) is 5.92 Å². The molecule has 5 heteroatoms. The van der Waals surface area contributed by atoms with Crippen LogP contribution < -0.4 is 5.32 Å². The van der Waals surface area contributed by atoms with Gasteiger partial charge in [-0.05, 0) is 12.8 Å². The summed E-state index contributed by atoms with van der Waals surface area (Å²) >= 11 is 0. The van der Waals surface area contributed by atoms with E-state index in [0.29, 0.717) is 5.92 Å². The van der Waals surface area contributed by atoms with Crippen molar-refractivity contribution in [3.63, 3.8) is 0 Å². The molecule has 0 aromatic carbocycles. The first-order chi connectivity index (χ1) is 9.36. The highest BCUT2D eigenvalue weighted by molar-refractivity contribution is 5.06. The molecular weight excluding hydrogens is 242 g/mol. The Kier molecular flexibility index (Phi) is 5.82. The first-order valence-corrected chi connectivity index (χ1v) is 7.18. The van der Waals surface area contributed by atoms with Gasteiger partial charge in [0.2, 0.25) is 0 Å². The lowest BCUT2D eigenvalue weighted by Crippen LogP contribution is -2.28. The lowest BCUT2D eigenvalue weighted by atomic mass is 9.99. The smallest absolute Gasteiger partial charge is 0.103 e. The molecule has 5 nitrogen and oxygen atoms in total. The van der Waals surface area contributed by atoms with Crippen molar-refractivity contribution in [3.05, 3.63) is 18.2 Å². The van der Waals surface area contributed by atoms with E-state index in [4.69, 9.17) is 9.47 Å². The largest absolute Gasteiger partial charge is 0.383 e. The number of nitrogens with one attached hydrogen (secondary N) is 1. The molecule has 2 heterocycles. The minimum absolute atomic E-state index is 0.184. The van der Waals surface area contributed by atoms with E-state index in [0.717, 1.165) is 45.7 Å². The molecule has 0 amide bonds. The molecule has 1 N–H and O–H groups in total. The van der Waals surface area contributed by atoms with Gasteiger partial charge in [0.15, 0.2) is 0 Å².